The van der Waals surface area contributed by atoms with Crippen LogP contribution in [0.5, 0.6) is 0 Å². The van der Waals surface area contributed by atoms with Crippen molar-refractivity contribution >= 4 is 61.1 Å². The van der Waals surface area contributed by atoms with Gasteiger partial charge in [0.2, 0.25) is 6.71 Å². The van der Waals surface area contributed by atoms with Gasteiger partial charge in [0.1, 0.15) is 0 Å². The summed E-state index contributed by atoms with van der Waals surface area (Å²) in [6.45, 7) is 43.3. The number of rotatable bonds is 5. The molecule has 0 radical (unpaired) electrons. The Labute approximate surface area is 441 Å². The van der Waals surface area contributed by atoms with Gasteiger partial charge in [-0.15, -0.1) is 11.3 Å². The molecule has 4 unspecified atom stereocenters. The van der Waals surface area contributed by atoms with Crippen molar-refractivity contribution in [1.82, 2.24) is 0 Å². The van der Waals surface area contributed by atoms with E-state index < -0.39 is 0 Å². The van der Waals surface area contributed by atoms with Gasteiger partial charge >= 0.3 is 0 Å². The highest BCUT2D eigenvalue weighted by molar-refractivity contribution is 7.32. The SMILES string of the molecule is CC1=CC2C3B(c4ccc(N(C5=C(C)C=C(C(C)(C)C)CC5C)C5CCC(C(C)(C)C)CC5)cc4N(c4ccc(C(C)(C)C)cc4)C3=C1)c1sc3ccc(C(C)(C)C)cc3c1N2C1C=CC(C(C)(C)C)=CC1. The molecule has 3 heterocycles. The van der Waals surface area contributed by atoms with Crippen LogP contribution in [0, 0.1) is 28.1 Å². The quantitative estimate of drug-likeness (QED) is 0.185. The molecule has 3 aromatic carbocycles. The number of thiophene rings is 1. The van der Waals surface area contributed by atoms with E-state index in [1.54, 1.807) is 5.57 Å². The zero-order valence-electron chi connectivity index (χ0n) is 47.8. The lowest BCUT2D eigenvalue weighted by atomic mass is 9.30. The van der Waals surface area contributed by atoms with Gasteiger partial charge in [0.15, 0.2) is 0 Å². The maximum Gasteiger partial charge on any atom is 0.239 e. The highest BCUT2D eigenvalue weighted by Gasteiger charge is 2.54. The third-order valence-electron chi connectivity index (χ3n) is 18.0. The fraction of sp³-hybridized carbons (Fsp3) is 0.522. The number of anilines is 4. The molecule has 3 nitrogen and oxygen atoms in total. The molecule has 380 valence electrons. The van der Waals surface area contributed by atoms with Crippen molar-refractivity contribution in [2.45, 2.75) is 198 Å². The summed E-state index contributed by atoms with van der Waals surface area (Å²) < 4.78 is 2.93. The molecular weight excluding hydrogens is 890 g/mol. The first kappa shape index (κ1) is 51.0. The van der Waals surface area contributed by atoms with Crippen molar-refractivity contribution in [3.8, 4) is 0 Å². The van der Waals surface area contributed by atoms with Crippen LogP contribution in [0.4, 0.5) is 22.7 Å². The minimum Gasteiger partial charge on any atom is -0.358 e. The van der Waals surface area contributed by atoms with Crippen LogP contribution in [0.1, 0.15) is 174 Å². The van der Waals surface area contributed by atoms with Gasteiger partial charge in [-0.3, -0.25) is 0 Å². The molecule has 4 aromatic rings. The van der Waals surface area contributed by atoms with Gasteiger partial charge in [-0.2, -0.15) is 0 Å². The lowest BCUT2D eigenvalue weighted by molar-refractivity contribution is 0.168. The van der Waals surface area contributed by atoms with Crippen LogP contribution in [-0.4, -0.2) is 24.8 Å². The van der Waals surface area contributed by atoms with E-state index in [0.717, 1.165) is 18.8 Å². The summed E-state index contributed by atoms with van der Waals surface area (Å²) in [5.74, 6) is 1.40. The zero-order valence-corrected chi connectivity index (χ0v) is 48.6. The summed E-state index contributed by atoms with van der Waals surface area (Å²) in [5, 5.41) is 1.42. The molecule has 0 N–H and O–H groups in total. The number of nitrogens with zero attached hydrogens (tertiary/aromatic N) is 3. The van der Waals surface area contributed by atoms with E-state index in [0.29, 0.717) is 17.4 Å². The number of allylic oxidation sites excluding steroid dienone is 8. The van der Waals surface area contributed by atoms with E-state index in [2.05, 4.69) is 248 Å². The Morgan fingerprint density at radius 3 is 1.96 bits per heavy atom. The van der Waals surface area contributed by atoms with Crippen LogP contribution in [0.3, 0.4) is 0 Å². The first-order valence-electron chi connectivity index (χ1n) is 28.0. The fourth-order valence-corrected chi connectivity index (χ4v) is 15.1. The Balaban J connectivity index is 1.22. The third-order valence-corrected chi connectivity index (χ3v) is 19.3. The number of hydrogen-bond donors (Lipinski definition) is 0. The fourth-order valence-electron chi connectivity index (χ4n) is 13.8. The Hall–Kier alpha value is -4.48. The van der Waals surface area contributed by atoms with Crippen LogP contribution < -0.4 is 24.9 Å². The van der Waals surface area contributed by atoms with E-state index >= 15 is 0 Å². The molecule has 72 heavy (non-hydrogen) atoms. The summed E-state index contributed by atoms with van der Waals surface area (Å²) in [6.07, 6.45) is 22.5. The molecule has 1 saturated carbocycles. The lowest BCUT2D eigenvalue weighted by Gasteiger charge is -2.54. The smallest absolute Gasteiger partial charge is 0.239 e. The number of fused-ring (bicyclic) bond motifs is 6. The predicted molar refractivity (Wildman–Crippen MR) is 318 cm³/mol. The van der Waals surface area contributed by atoms with Crippen molar-refractivity contribution < 1.29 is 0 Å². The molecule has 1 aromatic heterocycles. The maximum absolute atomic E-state index is 2.90. The highest BCUT2D eigenvalue weighted by Crippen LogP contribution is 2.55. The highest BCUT2D eigenvalue weighted by atomic mass is 32.1. The van der Waals surface area contributed by atoms with Crippen LogP contribution in [0.15, 0.2) is 131 Å². The Kier molecular flexibility index (Phi) is 12.6. The Bertz CT molecular complexity index is 2960. The summed E-state index contributed by atoms with van der Waals surface area (Å²) in [6, 6.07) is 25.8. The van der Waals surface area contributed by atoms with Gasteiger partial charge in [0, 0.05) is 61.1 Å². The standard InChI is InChI=1S/C67H88BN3S/c1-41-35-56-59-57(36-41)71(51-30-23-46(24-31-51)65(10,11)12)61-53-39-47(66(13,14)15)25-34-58(53)72-62(61)68(59)54-33-32-52(40-55(54)70(56)50-28-21-45(22-29-50)64(7,8)9)69(49-26-19-44(20-27-49)63(4,5)6)60-42(2)37-48(38-43(60)3)67(16,17)18/h21-25,28-30,32-37,39-40,43-44,49,51,57,59H,19-20,26-27,31,38H2,1-18H3. The second-order valence-corrected chi connectivity index (χ2v) is 29.5. The van der Waals surface area contributed by atoms with E-state index in [1.165, 1.54) is 108 Å². The molecule has 0 spiro atoms. The second kappa shape index (κ2) is 17.8. The molecule has 0 bridgehead atoms. The summed E-state index contributed by atoms with van der Waals surface area (Å²) in [4.78, 5) is 8.53. The van der Waals surface area contributed by atoms with Crippen LogP contribution in [0.25, 0.3) is 10.1 Å². The molecule has 0 amide bonds. The van der Waals surface area contributed by atoms with Crippen LogP contribution >= 0.6 is 11.3 Å². The normalized spacial score (nSPS) is 24.9. The second-order valence-electron chi connectivity index (χ2n) is 28.4. The van der Waals surface area contributed by atoms with E-state index in [1.807, 2.05) is 0 Å². The minimum atomic E-state index is 0.0415. The average Bonchev–Trinajstić information content (AvgIpc) is 3.67. The van der Waals surface area contributed by atoms with Gasteiger partial charge in [-0.25, -0.2) is 0 Å². The summed E-state index contributed by atoms with van der Waals surface area (Å²) in [7, 11) is 0. The van der Waals surface area contributed by atoms with Gasteiger partial charge < -0.3 is 14.7 Å². The monoisotopic (exact) mass is 978 g/mol. The molecule has 1 fully saturated rings. The first-order valence-corrected chi connectivity index (χ1v) is 28.8. The molecule has 2 aliphatic heterocycles. The topological polar surface area (TPSA) is 9.72 Å². The summed E-state index contributed by atoms with van der Waals surface area (Å²) in [5.41, 5.74) is 19.1. The Morgan fingerprint density at radius 1 is 0.708 bits per heavy atom. The van der Waals surface area contributed by atoms with Gasteiger partial charge in [0.05, 0.1) is 17.8 Å². The largest absolute Gasteiger partial charge is 0.358 e. The van der Waals surface area contributed by atoms with Gasteiger partial charge in [-0.05, 0) is 156 Å². The zero-order chi connectivity index (χ0) is 51.8. The van der Waals surface area contributed by atoms with Crippen LogP contribution in [0.2, 0.25) is 5.82 Å². The predicted octanol–water partition coefficient (Wildman–Crippen LogP) is 17.7. The minimum absolute atomic E-state index is 0.0415. The van der Waals surface area contributed by atoms with Crippen molar-refractivity contribution in [3.05, 3.63) is 142 Å². The molecule has 4 aliphatic carbocycles. The molecule has 4 atom stereocenters. The van der Waals surface area contributed by atoms with Crippen molar-refractivity contribution in [2.75, 3.05) is 14.7 Å². The maximum atomic E-state index is 2.90. The lowest BCUT2D eigenvalue weighted by Crippen LogP contribution is -2.65. The number of hydrogen-bond acceptors (Lipinski definition) is 4. The third kappa shape index (κ3) is 9.06. The Morgan fingerprint density at radius 2 is 1.38 bits per heavy atom. The van der Waals surface area contributed by atoms with E-state index in [4.69, 9.17) is 0 Å². The summed E-state index contributed by atoms with van der Waals surface area (Å²) >= 11 is 2.07. The van der Waals surface area contributed by atoms with E-state index in [9.17, 15) is 0 Å². The van der Waals surface area contributed by atoms with Crippen molar-refractivity contribution in [2.24, 2.45) is 28.1 Å². The van der Waals surface area contributed by atoms with Crippen molar-refractivity contribution in [1.29, 1.82) is 0 Å². The molecular formula is C67H88BN3S. The average molecular weight is 978 g/mol. The molecule has 0 saturated heterocycles. The van der Waals surface area contributed by atoms with Gasteiger partial charge in [0.25, 0.3) is 0 Å². The van der Waals surface area contributed by atoms with Gasteiger partial charge in [-0.1, -0.05) is 177 Å². The molecule has 5 heteroatoms. The van der Waals surface area contributed by atoms with Crippen LogP contribution in [-0.2, 0) is 10.8 Å². The molecule has 10 rings (SSSR count). The van der Waals surface area contributed by atoms with Crippen molar-refractivity contribution in [3.63, 3.8) is 0 Å². The molecule has 6 aliphatic rings. The van der Waals surface area contributed by atoms with E-state index in [-0.39, 0.29) is 46.3 Å². The number of benzene rings is 3. The first-order chi connectivity index (χ1) is 33.6.